The van der Waals surface area contributed by atoms with Gasteiger partial charge < -0.3 is 14.5 Å². The molecule has 10 heteroatoms. The lowest BCUT2D eigenvalue weighted by Gasteiger charge is -2.15. The molecule has 0 aromatic carbocycles. The number of ether oxygens (including phenoxy) is 2. The molecule has 1 aromatic rings. The summed E-state index contributed by atoms with van der Waals surface area (Å²) < 4.78 is 34.8. The van der Waals surface area contributed by atoms with Crippen molar-refractivity contribution in [3.05, 3.63) is 18.2 Å². The van der Waals surface area contributed by atoms with E-state index < -0.39 is 33.8 Å². The zero-order chi connectivity index (χ0) is 15.9. The van der Waals surface area contributed by atoms with Crippen LogP contribution in [0.4, 0.5) is 0 Å². The molecule has 0 unspecified atom stereocenters. The second kappa shape index (κ2) is 7.74. The molecule has 0 saturated heterocycles. The second-order valence-electron chi connectivity index (χ2n) is 4.12. The number of nitrogens with zero attached hydrogens (tertiary/aromatic N) is 1. The van der Waals surface area contributed by atoms with Crippen LogP contribution in [-0.2, 0) is 35.5 Å². The van der Waals surface area contributed by atoms with Gasteiger partial charge in [0.15, 0.2) is 0 Å². The molecular weight excluding hydrogens is 302 g/mol. The third-order valence-electron chi connectivity index (χ3n) is 2.59. The minimum absolute atomic E-state index is 0.0597. The maximum absolute atomic E-state index is 11.9. The smallest absolute Gasteiger partial charge is 0.324 e. The molecular formula is C11H17N3O6S. The summed E-state index contributed by atoms with van der Waals surface area (Å²) in [4.78, 5) is 29.2. The van der Waals surface area contributed by atoms with Crippen LogP contribution in [0.25, 0.3) is 0 Å². The number of H-pyrrole nitrogens is 1. The van der Waals surface area contributed by atoms with Gasteiger partial charge >= 0.3 is 11.9 Å². The van der Waals surface area contributed by atoms with Gasteiger partial charge in [-0.3, -0.25) is 9.59 Å². The fraction of sp³-hybridized carbons (Fsp3) is 0.545. The van der Waals surface area contributed by atoms with Crippen LogP contribution in [0.3, 0.4) is 0 Å². The number of carbonyl (C=O) groups is 2. The van der Waals surface area contributed by atoms with Gasteiger partial charge in [-0.05, 0) is 0 Å². The minimum atomic E-state index is -3.83. The van der Waals surface area contributed by atoms with E-state index in [1.165, 1.54) is 12.5 Å². The normalized spacial score (nSPS) is 12.7. The second-order valence-corrected chi connectivity index (χ2v) is 5.99. The van der Waals surface area contributed by atoms with Gasteiger partial charge in [-0.15, -0.1) is 0 Å². The number of methoxy groups -OCH3 is 2. The summed E-state index contributed by atoms with van der Waals surface area (Å²) in [6.45, 7) is 0. The summed E-state index contributed by atoms with van der Waals surface area (Å²) in [6, 6.07) is -1.10. The number of aromatic nitrogens is 2. The molecule has 0 fully saturated rings. The molecule has 21 heavy (non-hydrogen) atoms. The van der Waals surface area contributed by atoms with Crippen molar-refractivity contribution >= 4 is 22.0 Å². The monoisotopic (exact) mass is 319 g/mol. The van der Waals surface area contributed by atoms with Crippen molar-refractivity contribution in [1.29, 1.82) is 0 Å². The Morgan fingerprint density at radius 2 is 2.10 bits per heavy atom. The van der Waals surface area contributed by atoms with Crippen molar-refractivity contribution < 1.29 is 27.5 Å². The number of hydrogen-bond donors (Lipinski definition) is 2. The summed E-state index contributed by atoms with van der Waals surface area (Å²) in [5, 5.41) is 0. The Labute approximate surface area is 122 Å². The van der Waals surface area contributed by atoms with Gasteiger partial charge in [-0.1, -0.05) is 0 Å². The maximum atomic E-state index is 11.9. The molecule has 1 rings (SSSR count). The Balaban J connectivity index is 2.71. The third-order valence-corrected chi connectivity index (χ3v) is 3.97. The largest absolute Gasteiger partial charge is 0.469 e. The number of nitrogens with one attached hydrogen (secondary N) is 2. The van der Waals surface area contributed by atoms with Crippen LogP contribution >= 0.6 is 0 Å². The summed E-state index contributed by atoms with van der Waals surface area (Å²) in [5.41, 5.74) is 0.570. The van der Waals surface area contributed by atoms with E-state index in [-0.39, 0.29) is 12.8 Å². The molecule has 0 spiro atoms. The van der Waals surface area contributed by atoms with Crippen molar-refractivity contribution in [1.82, 2.24) is 14.7 Å². The Kier molecular flexibility index (Phi) is 6.31. The summed E-state index contributed by atoms with van der Waals surface area (Å²) in [6.07, 6.45) is 2.64. The van der Waals surface area contributed by atoms with Crippen molar-refractivity contribution in [2.75, 3.05) is 20.0 Å². The predicted molar refractivity (Wildman–Crippen MR) is 71.7 cm³/mol. The molecule has 1 aromatic heterocycles. The van der Waals surface area contributed by atoms with Gasteiger partial charge in [-0.2, -0.15) is 0 Å². The SMILES string of the molecule is COC(=O)CCS(=O)(=O)N[C@@H](Cc1cnc[nH]1)C(=O)OC. The summed E-state index contributed by atoms with van der Waals surface area (Å²) in [5.74, 6) is -1.86. The Hall–Kier alpha value is -1.94. The first-order chi connectivity index (χ1) is 9.88. The highest BCUT2D eigenvalue weighted by atomic mass is 32.2. The van der Waals surface area contributed by atoms with Crippen molar-refractivity contribution in [3.8, 4) is 0 Å². The van der Waals surface area contributed by atoms with Crippen LogP contribution in [0.5, 0.6) is 0 Å². The highest BCUT2D eigenvalue weighted by molar-refractivity contribution is 7.89. The molecule has 0 bridgehead atoms. The average Bonchev–Trinajstić information content (AvgIpc) is 2.96. The lowest BCUT2D eigenvalue weighted by atomic mass is 10.2. The molecule has 118 valence electrons. The van der Waals surface area contributed by atoms with Crippen molar-refractivity contribution in [2.45, 2.75) is 18.9 Å². The third kappa shape index (κ3) is 5.92. The molecule has 0 aliphatic heterocycles. The molecule has 0 saturated carbocycles. The predicted octanol–water partition coefficient (Wildman–Crippen LogP) is -1.02. The van der Waals surface area contributed by atoms with Crippen molar-refractivity contribution in [3.63, 3.8) is 0 Å². The van der Waals surface area contributed by atoms with Crippen LogP contribution < -0.4 is 4.72 Å². The number of esters is 2. The Morgan fingerprint density at radius 3 is 2.62 bits per heavy atom. The van der Waals surface area contributed by atoms with Crippen LogP contribution in [-0.4, -0.2) is 56.3 Å². The van der Waals surface area contributed by atoms with Crippen LogP contribution in [0.1, 0.15) is 12.1 Å². The molecule has 0 radical (unpaired) electrons. The average molecular weight is 319 g/mol. The van der Waals surface area contributed by atoms with Crippen LogP contribution in [0.15, 0.2) is 12.5 Å². The number of sulfonamides is 1. The van der Waals surface area contributed by atoms with Gasteiger partial charge in [0, 0.05) is 18.3 Å². The van der Waals surface area contributed by atoms with E-state index in [0.717, 1.165) is 14.2 Å². The fourth-order valence-corrected chi connectivity index (χ4v) is 2.69. The molecule has 0 amide bonds. The molecule has 9 nitrogen and oxygen atoms in total. The fourth-order valence-electron chi connectivity index (χ4n) is 1.53. The number of rotatable bonds is 8. The Morgan fingerprint density at radius 1 is 1.38 bits per heavy atom. The molecule has 2 N–H and O–H groups in total. The minimum Gasteiger partial charge on any atom is -0.469 e. The van der Waals surface area contributed by atoms with Gasteiger partial charge in [0.1, 0.15) is 6.04 Å². The van der Waals surface area contributed by atoms with E-state index in [2.05, 4.69) is 24.2 Å². The standard InChI is InChI=1S/C11H17N3O6S/c1-19-10(15)3-4-21(17,18)14-9(11(16)20-2)5-8-6-12-7-13-8/h6-7,9,14H,3-5H2,1-2H3,(H,12,13)/t9-/m0/s1. The lowest BCUT2D eigenvalue weighted by molar-refractivity contribution is -0.142. The van der Waals surface area contributed by atoms with E-state index in [1.54, 1.807) is 0 Å². The molecule has 1 heterocycles. The number of aromatic amines is 1. The quantitative estimate of drug-likeness (QED) is 0.587. The van der Waals surface area contributed by atoms with Gasteiger partial charge in [0.25, 0.3) is 0 Å². The number of hydrogen-bond acceptors (Lipinski definition) is 7. The van der Waals surface area contributed by atoms with Gasteiger partial charge in [0.2, 0.25) is 10.0 Å². The highest BCUT2D eigenvalue weighted by Crippen LogP contribution is 2.03. The van der Waals surface area contributed by atoms with Gasteiger partial charge in [0.05, 0.1) is 32.7 Å². The molecule has 0 aliphatic rings. The summed E-state index contributed by atoms with van der Waals surface area (Å²) in [7, 11) is -1.51. The topological polar surface area (TPSA) is 127 Å². The zero-order valence-corrected chi connectivity index (χ0v) is 12.5. The first kappa shape index (κ1) is 17.1. The zero-order valence-electron chi connectivity index (χ0n) is 11.7. The lowest BCUT2D eigenvalue weighted by Crippen LogP contribution is -2.44. The van der Waals surface area contributed by atoms with E-state index in [9.17, 15) is 18.0 Å². The van der Waals surface area contributed by atoms with E-state index in [4.69, 9.17) is 0 Å². The van der Waals surface area contributed by atoms with E-state index in [0.29, 0.717) is 5.69 Å². The first-order valence-electron chi connectivity index (χ1n) is 6.00. The first-order valence-corrected chi connectivity index (χ1v) is 7.65. The molecule has 0 aliphatic carbocycles. The number of carbonyl (C=O) groups excluding carboxylic acids is 2. The molecule has 1 atom stereocenters. The Bertz CT molecular complexity index is 569. The van der Waals surface area contributed by atoms with Crippen LogP contribution in [0.2, 0.25) is 0 Å². The van der Waals surface area contributed by atoms with E-state index in [1.807, 2.05) is 0 Å². The van der Waals surface area contributed by atoms with Gasteiger partial charge in [-0.25, -0.2) is 18.1 Å². The number of imidazole rings is 1. The van der Waals surface area contributed by atoms with Crippen molar-refractivity contribution in [2.24, 2.45) is 0 Å². The maximum Gasteiger partial charge on any atom is 0.324 e. The summed E-state index contributed by atoms with van der Waals surface area (Å²) >= 11 is 0. The van der Waals surface area contributed by atoms with Crippen LogP contribution in [0, 0.1) is 0 Å². The highest BCUT2D eigenvalue weighted by Gasteiger charge is 2.26. The van der Waals surface area contributed by atoms with E-state index >= 15 is 0 Å².